The van der Waals surface area contributed by atoms with Crippen molar-refractivity contribution in [1.82, 2.24) is 0 Å². The van der Waals surface area contributed by atoms with Gasteiger partial charge in [-0.1, -0.05) is 380 Å². The van der Waals surface area contributed by atoms with E-state index in [1.165, 1.54) is 193 Å². The summed E-state index contributed by atoms with van der Waals surface area (Å²) in [7, 11) is -9.79. The lowest BCUT2D eigenvalue weighted by Crippen LogP contribution is -2.30. The molecule has 18 heteroatoms. The summed E-state index contributed by atoms with van der Waals surface area (Å²) in [6.07, 6.45) is 104. The number of allylic oxidation sites excluding steroid dienone is 20. The summed E-state index contributed by atoms with van der Waals surface area (Å²) < 4.78 is 61.4. The van der Waals surface area contributed by atoms with E-state index < -0.39 is 91.5 Å². The van der Waals surface area contributed by atoms with E-state index in [-0.39, 0.29) is 19.3 Å². The molecular weight excluding hydrogens is 1430 g/mol. The minimum absolute atomic E-state index is 0.108. The van der Waals surface area contributed by atoms with Gasteiger partial charge in [0.2, 0.25) is 0 Å². The zero-order valence-electron chi connectivity index (χ0n) is 70.6. The molecule has 0 aliphatic rings. The first-order valence-electron chi connectivity index (χ1n) is 44.8. The molecule has 16 nitrogen and oxygen atoms in total. The smallest absolute Gasteiger partial charge is 0.463 e. The molecule has 0 bridgehead atoms. The Balaban J connectivity index is 4.46. The summed E-state index contributed by atoms with van der Waals surface area (Å²) >= 11 is 0. The van der Waals surface area contributed by atoms with Crippen LogP contribution in [0.15, 0.2) is 122 Å². The number of hydrogen-bond donors (Lipinski definition) is 4. The van der Waals surface area contributed by atoms with Crippen molar-refractivity contribution in [2.24, 2.45) is 0 Å². The minimum atomic E-state index is -4.93. The Morgan fingerprint density at radius 3 is 0.775 bits per heavy atom. The summed E-state index contributed by atoms with van der Waals surface area (Å²) in [5.41, 5.74) is 0. The number of phosphoric acid groups is 2. The molecule has 0 amide bonds. The molecule has 0 saturated heterocycles. The molecule has 0 aromatic carbocycles. The Morgan fingerprint density at radius 2 is 0.477 bits per heavy atom. The summed E-state index contributed by atoms with van der Waals surface area (Å²) in [5, 5.41) is 20.7. The van der Waals surface area contributed by atoms with Crippen molar-refractivity contribution in [3.63, 3.8) is 0 Å². The van der Waals surface area contributed by atoms with Gasteiger partial charge in [0.15, 0.2) is 6.10 Å². The average Bonchev–Trinajstić information content (AvgIpc) is 0.902. The van der Waals surface area contributed by atoms with E-state index in [2.05, 4.69) is 142 Å². The number of carbonyl (C=O) groups excluding carboxylic acids is 3. The van der Waals surface area contributed by atoms with Crippen LogP contribution < -0.4 is 0 Å². The number of aliphatic hydroxyl groups excluding tert-OH is 2. The second-order valence-electron chi connectivity index (χ2n) is 30.0. The molecule has 0 aromatic heterocycles. The first kappa shape index (κ1) is 107. The van der Waals surface area contributed by atoms with E-state index in [4.69, 9.17) is 32.3 Å². The Kier molecular flexibility index (Phi) is 82.2. The van der Waals surface area contributed by atoms with E-state index in [0.717, 1.165) is 141 Å². The second-order valence-corrected chi connectivity index (χ2v) is 32.9. The fourth-order valence-corrected chi connectivity index (χ4v) is 14.0. The van der Waals surface area contributed by atoms with Gasteiger partial charge < -0.3 is 34.2 Å². The molecular formula is C93H164O16P2. The first-order chi connectivity index (χ1) is 54.2. The molecule has 0 fully saturated rings. The molecule has 0 rings (SSSR count). The number of carbonyl (C=O) groups is 3. The van der Waals surface area contributed by atoms with Crippen LogP contribution >= 0.6 is 15.6 Å². The Morgan fingerprint density at radius 1 is 0.261 bits per heavy atom. The van der Waals surface area contributed by atoms with Gasteiger partial charge in [0.25, 0.3) is 0 Å². The van der Waals surface area contributed by atoms with Crippen LogP contribution in [0, 0.1) is 0 Å². The number of aliphatic hydroxyl groups is 2. The molecule has 4 N–H and O–H groups in total. The van der Waals surface area contributed by atoms with Gasteiger partial charge >= 0.3 is 33.6 Å². The van der Waals surface area contributed by atoms with Crippen molar-refractivity contribution in [3.05, 3.63) is 122 Å². The molecule has 0 radical (unpaired) electrons. The number of unbranched alkanes of at least 4 members (excludes halogenated alkanes) is 42. The monoisotopic (exact) mass is 1600 g/mol. The fraction of sp³-hybridized carbons (Fsp3) is 0.753. The highest BCUT2D eigenvalue weighted by molar-refractivity contribution is 7.47. The number of phosphoric ester groups is 2. The van der Waals surface area contributed by atoms with E-state index in [1.54, 1.807) is 0 Å². The maximum absolute atomic E-state index is 13.0. The third kappa shape index (κ3) is 86.6. The van der Waals surface area contributed by atoms with Crippen LogP contribution in [-0.4, -0.2) is 95.9 Å². The van der Waals surface area contributed by atoms with E-state index in [9.17, 15) is 43.5 Å². The van der Waals surface area contributed by atoms with Crippen molar-refractivity contribution in [2.75, 3.05) is 39.6 Å². The van der Waals surface area contributed by atoms with Crippen molar-refractivity contribution in [3.8, 4) is 0 Å². The second kappa shape index (κ2) is 85.3. The van der Waals surface area contributed by atoms with Crippen molar-refractivity contribution in [2.45, 2.75) is 411 Å². The van der Waals surface area contributed by atoms with Gasteiger partial charge in [-0.2, -0.15) is 0 Å². The highest BCUT2D eigenvalue weighted by atomic mass is 31.2. The molecule has 0 heterocycles. The Bertz CT molecular complexity index is 2500. The van der Waals surface area contributed by atoms with Gasteiger partial charge in [-0.3, -0.25) is 32.5 Å². The van der Waals surface area contributed by atoms with E-state index in [0.29, 0.717) is 19.3 Å². The van der Waals surface area contributed by atoms with Gasteiger partial charge in [-0.05, 0) is 116 Å². The molecule has 0 aliphatic heterocycles. The van der Waals surface area contributed by atoms with Gasteiger partial charge in [-0.15, -0.1) is 0 Å². The number of esters is 3. The summed E-state index contributed by atoms with van der Waals surface area (Å²) in [6, 6.07) is 0. The summed E-state index contributed by atoms with van der Waals surface area (Å²) in [4.78, 5) is 58.9. The largest absolute Gasteiger partial charge is 0.472 e. The van der Waals surface area contributed by atoms with Gasteiger partial charge in [0.1, 0.15) is 25.4 Å². The topological polar surface area (TPSA) is 231 Å². The molecule has 0 spiro atoms. The Labute approximate surface area is 678 Å². The lowest BCUT2D eigenvalue weighted by atomic mass is 10.0. The highest BCUT2D eigenvalue weighted by Gasteiger charge is 2.29. The van der Waals surface area contributed by atoms with Crippen LogP contribution in [0.2, 0.25) is 0 Å². The lowest BCUT2D eigenvalue weighted by Gasteiger charge is -2.21. The molecule has 0 aliphatic carbocycles. The third-order valence-corrected chi connectivity index (χ3v) is 21.1. The molecule has 5 atom stereocenters. The summed E-state index contributed by atoms with van der Waals surface area (Å²) in [5.74, 6) is -1.56. The van der Waals surface area contributed by atoms with Crippen LogP contribution in [0.4, 0.5) is 0 Å². The summed E-state index contributed by atoms with van der Waals surface area (Å²) in [6.45, 7) is 2.60. The SMILES string of the molecule is CC/C=C\C/C=C\C/C=C\C/C=C\C/C=C\C/C=C\CCCCCCCCCCCCCCCCC(=O)OCC(O)COP(=O)(O)OCC(O)COP(=O)(O)OCC(COC(=O)CCCCCCCCCCCCC/C=C\C/C=C\C/C=C\C/C=C\CCCCC)OC(=O)CCCCCCCCCCCCCCCCC. The lowest BCUT2D eigenvalue weighted by molar-refractivity contribution is -0.161. The van der Waals surface area contributed by atoms with Crippen LogP contribution in [0.3, 0.4) is 0 Å². The Hall–Kier alpha value is -4.05. The average molecular weight is 1600 g/mol. The highest BCUT2D eigenvalue weighted by Crippen LogP contribution is 2.45. The maximum atomic E-state index is 13.0. The third-order valence-electron chi connectivity index (χ3n) is 19.2. The maximum Gasteiger partial charge on any atom is 0.472 e. The zero-order chi connectivity index (χ0) is 80.8. The number of hydrogen-bond acceptors (Lipinski definition) is 14. The van der Waals surface area contributed by atoms with Gasteiger partial charge in [0, 0.05) is 19.3 Å². The molecule has 0 aromatic rings. The number of ether oxygens (including phenoxy) is 3. The van der Waals surface area contributed by atoms with Crippen LogP contribution in [0.1, 0.15) is 393 Å². The van der Waals surface area contributed by atoms with E-state index in [1.807, 2.05) is 0 Å². The zero-order valence-corrected chi connectivity index (χ0v) is 72.4. The standard InChI is InChI=1S/C93H164O16P2/c1-4-7-10-13-16-19-22-25-28-30-32-34-36-38-40-41-42-43-44-45-47-49-50-52-54-56-59-61-64-67-70-73-76-79-91(96)103-82-88(94)83-105-110(99,100)106-84-89(95)85-107-111(101,102)108-87-90(109-93(98)81-78-75-72-69-66-63-58-27-24-21-18-15-12-9-6-3)86-104-92(97)80-77-74-71-68-65-62-60-57-55-53-51-48-46-39-37-35-33-31-29-26-23-20-17-14-11-8-5-2/h7,10,16-17,19-20,25-26,28-29,32-35,38-40,42-43,46,88-90,94-95H,4-6,8-9,11-15,18,21-24,27,30-31,36-37,41,44-45,47-87H2,1-3H3,(H,99,100)(H,101,102)/b10-7-,19-16-,20-17-,28-25-,29-26-,34-32-,35-33-,40-38-,43-42-,46-39-. The van der Waals surface area contributed by atoms with Crippen molar-refractivity contribution < 1.29 is 75.8 Å². The molecule has 0 saturated carbocycles. The predicted octanol–water partition coefficient (Wildman–Crippen LogP) is 27.2. The van der Waals surface area contributed by atoms with Crippen molar-refractivity contribution >= 4 is 33.6 Å². The van der Waals surface area contributed by atoms with Crippen molar-refractivity contribution in [1.29, 1.82) is 0 Å². The normalized spacial score (nSPS) is 14.4. The quantitative estimate of drug-likeness (QED) is 0.0146. The van der Waals surface area contributed by atoms with Crippen LogP contribution in [-0.2, 0) is 55.8 Å². The first-order valence-corrected chi connectivity index (χ1v) is 47.8. The molecule has 111 heavy (non-hydrogen) atoms. The van der Waals surface area contributed by atoms with Crippen LogP contribution in [0.25, 0.3) is 0 Å². The van der Waals surface area contributed by atoms with Gasteiger partial charge in [-0.25, -0.2) is 9.13 Å². The fourth-order valence-electron chi connectivity index (χ4n) is 12.4. The molecule has 5 unspecified atom stereocenters. The molecule has 642 valence electrons. The van der Waals surface area contributed by atoms with Gasteiger partial charge in [0.05, 0.1) is 26.4 Å². The minimum Gasteiger partial charge on any atom is -0.463 e. The van der Waals surface area contributed by atoms with E-state index >= 15 is 0 Å². The number of rotatable bonds is 85. The predicted molar refractivity (Wildman–Crippen MR) is 463 cm³/mol. The van der Waals surface area contributed by atoms with Crippen LogP contribution in [0.5, 0.6) is 0 Å².